The summed E-state index contributed by atoms with van der Waals surface area (Å²) in [6.45, 7) is 6.30. The molecule has 0 radical (unpaired) electrons. The molecule has 0 saturated heterocycles. The van der Waals surface area contributed by atoms with Crippen molar-refractivity contribution in [2.75, 3.05) is 0 Å². The second-order valence-corrected chi connectivity index (χ2v) is 7.49. The van der Waals surface area contributed by atoms with Crippen LogP contribution in [-0.2, 0) is 14.3 Å². The van der Waals surface area contributed by atoms with Gasteiger partial charge in [0.05, 0.1) is 11.8 Å². The minimum Gasteiger partial charge on any atom is -0.481 e. The second-order valence-electron chi connectivity index (χ2n) is 7.49. The standard InChI is InChI=1S/C19H32O4/c1-4-7-8-11-19(5-2,6-3)23-18(22)16-14-10-9-13(12-14)15(16)17(20)21/h13-16H,4-12H2,1-3H3,(H,20,21). The van der Waals surface area contributed by atoms with E-state index in [1.807, 2.05) is 0 Å². The average Bonchev–Trinajstić information content (AvgIpc) is 3.14. The van der Waals surface area contributed by atoms with Crippen molar-refractivity contribution in [2.24, 2.45) is 23.7 Å². The van der Waals surface area contributed by atoms with Crippen LogP contribution in [0.3, 0.4) is 0 Å². The van der Waals surface area contributed by atoms with Crippen LogP contribution in [-0.4, -0.2) is 22.6 Å². The smallest absolute Gasteiger partial charge is 0.310 e. The number of fused-ring (bicyclic) bond motifs is 2. The fraction of sp³-hybridized carbons (Fsp3) is 0.895. The van der Waals surface area contributed by atoms with Crippen LogP contribution in [0.5, 0.6) is 0 Å². The maximum atomic E-state index is 12.8. The molecule has 2 aliphatic carbocycles. The van der Waals surface area contributed by atoms with E-state index in [4.69, 9.17) is 4.74 Å². The van der Waals surface area contributed by atoms with Crippen LogP contribution in [0, 0.1) is 23.7 Å². The molecule has 0 heterocycles. The van der Waals surface area contributed by atoms with Gasteiger partial charge < -0.3 is 9.84 Å². The zero-order chi connectivity index (χ0) is 17.0. The molecule has 2 aliphatic rings. The molecule has 4 atom stereocenters. The molecule has 0 aromatic carbocycles. The summed E-state index contributed by atoms with van der Waals surface area (Å²) >= 11 is 0. The third-order valence-corrected chi connectivity index (χ3v) is 6.32. The monoisotopic (exact) mass is 324 g/mol. The number of aliphatic carboxylic acids is 1. The van der Waals surface area contributed by atoms with Gasteiger partial charge in [-0.1, -0.05) is 33.6 Å². The Labute approximate surface area is 140 Å². The molecule has 0 amide bonds. The largest absolute Gasteiger partial charge is 0.481 e. The molecule has 0 aromatic heterocycles. The highest BCUT2D eigenvalue weighted by Gasteiger charge is 2.55. The molecule has 2 saturated carbocycles. The van der Waals surface area contributed by atoms with Gasteiger partial charge >= 0.3 is 11.9 Å². The van der Waals surface area contributed by atoms with E-state index in [2.05, 4.69) is 20.8 Å². The number of carbonyl (C=O) groups is 2. The third-order valence-electron chi connectivity index (χ3n) is 6.32. The molecular formula is C19H32O4. The van der Waals surface area contributed by atoms with E-state index in [0.717, 1.165) is 57.8 Å². The highest BCUT2D eigenvalue weighted by Crippen LogP contribution is 2.53. The quantitative estimate of drug-likeness (QED) is 0.504. The molecule has 1 N–H and O–H groups in total. The normalized spacial score (nSPS) is 29.7. The molecule has 0 aliphatic heterocycles. The highest BCUT2D eigenvalue weighted by molar-refractivity contribution is 5.83. The Balaban J connectivity index is 2.07. The summed E-state index contributed by atoms with van der Waals surface area (Å²) in [4.78, 5) is 24.4. The third kappa shape index (κ3) is 3.72. The maximum absolute atomic E-state index is 12.8. The Kier molecular flexibility index (Phi) is 6.10. The molecule has 4 unspecified atom stereocenters. The number of hydrogen-bond acceptors (Lipinski definition) is 3. The molecule has 4 nitrogen and oxygen atoms in total. The lowest BCUT2D eigenvalue weighted by atomic mass is 9.79. The van der Waals surface area contributed by atoms with Crippen LogP contribution in [0.4, 0.5) is 0 Å². The van der Waals surface area contributed by atoms with Gasteiger partial charge in [-0.15, -0.1) is 0 Å². The van der Waals surface area contributed by atoms with E-state index in [-0.39, 0.29) is 17.8 Å². The lowest BCUT2D eigenvalue weighted by molar-refractivity contribution is -0.174. The Morgan fingerprint density at radius 2 is 1.65 bits per heavy atom. The summed E-state index contributed by atoms with van der Waals surface area (Å²) in [7, 11) is 0. The van der Waals surface area contributed by atoms with Crippen LogP contribution in [0.25, 0.3) is 0 Å². The number of ether oxygens (including phenoxy) is 1. The van der Waals surface area contributed by atoms with E-state index in [1.165, 1.54) is 0 Å². The van der Waals surface area contributed by atoms with Gasteiger partial charge in [-0.2, -0.15) is 0 Å². The van der Waals surface area contributed by atoms with Crippen LogP contribution >= 0.6 is 0 Å². The van der Waals surface area contributed by atoms with Gasteiger partial charge in [0, 0.05) is 0 Å². The Morgan fingerprint density at radius 3 is 2.17 bits per heavy atom. The van der Waals surface area contributed by atoms with E-state index < -0.39 is 23.4 Å². The molecular weight excluding hydrogens is 292 g/mol. The number of carboxylic acids is 1. The predicted molar refractivity (Wildman–Crippen MR) is 89.0 cm³/mol. The highest BCUT2D eigenvalue weighted by atomic mass is 16.6. The maximum Gasteiger partial charge on any atom is 0.310 e. The van der Waals surface area contributed by atoms with E-state index >= 15 is 0 Å². The zero-order valence-electron chi connectivity index (χ0n) is 14.8. The summed E-state index contributed by atoms with van der Waals surface area (Å²) in [5.74, 6) is -1.62. The lowest BCUT2D eigenvalue weighted by Gasteiger charge is -2.35. The van der Waals surface area contributed by atoms with Crippen LogP contribution in [0.2, 0.25) is 0 Å². The van der Waals surface area contributed by atoms with Crippen molar-refractivity contribution < 1.29 is 19.4 Å². The Bertz CT molecular complexity index is 427. The van der Waals surface area contributed by atoms with Gasteiger partial charge in [0.1, 0.15) is 5.60 Å². The summed E-state index contributed by atoms with van der Waals surface area (Å²) in [6, 6.07) is 0. The van der Waals surface area contributed by atoms with Crippen molar-refractivity contribution in [3.05, 3.63) is 0 Å². The van der Waals surface area contributed by atoms with Gasteiger partial charge in [0.25, 0.3) is 0 Å². The fourth-order valence-electron chi connectivity index (χ4n) is 4.76. The fourth-order valence-corrected chi connectivity index (χ4v) is 4.76. The minimum absolute atomic E-state index is 0.174. The predicted octanol–water partition coefficient (Wildman–Crippen LogP) is 4.42. The average molecular weight is 324 g/mol. The molecule has 4 heteroatoms. The first-order valence-corrected chi connectivity index (χ1v) is 9.43. The first-order valence-electron chi connectivity index (χ1n) is 9.43. The number of rotatable bonds is 9. The Morgan fingerprint density at radius 1 is 1.04 bits per heavy atom. The molecule has 132 valence electrons. The summed E-state index contributed by atoms with van der Waals surface area (Å²) in [6.07, 6.45) is 8.66. The van der Waals surface area contributed by atoms with Crippen molar-refractivity contribution in [1.82, 2.24) is 0 Å². The van der Waals surface area contributed by atoms with Crippen LogP contribution in [0.1, 0.15) is 78.6 Å². The molecule has 2 bridgehead atoms. The minimum atomic E-state index is -0.816. The Hall–Kier alpha value is -1.06. The first-order chi connectivity index (χ1) is 11.0. The summed E-state index contributed by atoms with van der Waals surface area (Å²) in [5, 5.41) is 9.53. The molecule has 2 rings (SSSR count). The molecule has 23 heavy (non-hydrogen) atoms. The van der Waals surface area contributed by atoms with Crippen LogP contribution in [0.15, 0.2) is 0 Å². The van der Waals surface area contributed by atoms with Crippen molar-refractivity contribution in [3.8, 4) is 0 Å². The van der Waals surface area contributed by atoms with E-state index in [0.29, 0.717) is 0 Å². The van der Waals surface area contributed by atoms with Crippen molar-refractivity contribution >= 4 is 11.9 Å². The number of carboxylic acid groups (broad SMARTS) is 1. The molecule has 2 fully saturated rings. The lowest BCUT2D eigenvalue weighted by Crippen LogP contribution is -2.41. The van der Waals surface area contributed by atoms with Crippen molar-refractivity contribution in [2.45, 2.75) is 84.2 Å². The van der Waals surface area contributed by atoms with E-state index in [9.17, 15) is 14.7 Å². The van der Waals surface area contributed by atoms with Gasteiger partial charge in [-0.25, -0.2) is 0 Å². The summed E-state index contributed by atoms with van der Waals surface area (Å²) in [5.41, 5.74) is -0.406. The van der Waals surface area contributed by atoms with Gasteiger partial charge in [-0.05, 0) is 56.8 Å². The second kappa shape index (κ2) is 7.67. The zero-order valence-corrected chi connectivity index (χ0v) is 14.8. The van der Waals surface area contributed by atoms with Gasteiger partial charge in [0.15, 0.2) is 0 Å². The summed E-state index contributed by atoms with van der Waals surface area (Å²) < 4.78 is 6.00. The number of unbranched alkanes of at least 4 members (excludes halogenated alkanes) is 2. The molecule has 0 spiro atoms. The van der Waals surface area contributed by atoms with Crippen molar-refractivity contribution in [1.29, 1.82) is 0 Å². The molecule has 0 aromatic rings. The first kappa shape index (κ1) is 18.3. The SMILES string of the molecule is CCCCCC(CC)(CC)OC(=O)C1C2CCC(C2)C1C(=O)O. The van der Waals surface area contributed by atoms with Crippen LogP contribution < -0.4 is 0 Å². The number of carbonyl (C=O) groups excluding carboxylic acids is 1. The van der Waals surface area contributed by atoms with Gasteiger partial charge in [0.2, 0.25) is 0 Å². The van der Waals surface area contributed by atoms with Crippen molar-refractivity contribution in [3.63, 3.8) is 0 Å². The van der Waals surface area contributed by atoms with E-state index in [1.54, 1.807) is 0 Å². The number of hydrogen-bond donors (Lipinski definition) is 1. The topological polar surface area (TPSA) is 63.6 Å². The number of esters is 1. The van der Waals surface area contributed by atoms with Gasteiger partial charge in [-0.3, -0.25) is 9.59 Å².